The zero-order chi connectivity index (χ0) is 22.8. The molecule has 9 nitrogen and oxygen atoms in total. The van der Waals surface area contributed by atoms with Crippen molar-refractivity contribution in [3.05, 3.63) is 35.0 Å². The third kappa shape index (κ3) is 4.57. The fourth-order valence-electron chi connectivity index (χ4n) is 3.92. The minimum absolute atomic E-state index is 0.0903. The standard InChI is InChI=1S/C22H28ClN7O2/c1-13(2)17-12-18-19(25-17)20(24-16-6-4-15(23)5-7-16)27-22(26-18)30-10-8-29(9-11-30)21(31)14(3)28-32/h4-7,13,17,25,32H,8-12H2,1-3H3,(H,24,26,27). The quantitative estimate of drug-likeness (QED) is 0.359. The molecule has 0 radical (unpaired) electrons. The molecule has 170 valence electrons. The van der Waals surface area contributed by atoms with E-state index in [1.54, 1.807) is 4.90 Å². The normalized spacial score (nSPS) is 18.5. The monoisotopic (exact) mass is 457 g/mol. The van der Waals surface area contributed by atoms with E-state index in [0.29, 0.717) is 49.1 Å². The minimum Gasteiger partial charge on any atom is -0.410 e. The first kappa shape index (κ1) is 22.1. The van der Waals surface area contributed by atoms with Crippen molar-refractivity contribution in [1.29, 1.82) is 0 Å². The summed E-state index contributed by atoms with van der Waals surface area (Å²) in [6.45, 7) is 8.12. The molecule has 1 atom stereocenters. The summed E-state index contributed by atoms with van der Waals surface area (Å²) in [6.07, 6.45) is 0.836. The highest BCUT2D eigenvalue weighted by molar-refractivity contribution is 6.37. The highest BCUT2D eigenvalue weighted by Crippen LogP contribution is 2.36. The summed E-state index contributed by atoms with van der Waals surface area (Å²) in [5.74, 6) is 1.58. The zero-order valence-electron chi connectivity index (χ0n) is 18.5. The van der Waals surface area contributed by atoms with Crippen LogP contribution in [0.3, 0.4) is 0 Å². The first-order valence-electron chi connectivity index (χ1n) is 10.8. The lowest BCUT2D eigenvalue weighted by atomic mass is 10.0. The molecule has 0 bridgehead atoms. The predicted octanol–water partition coefficient (Wildman–Crippen LogP) is 3.36. The van der Waals surface area contributed by atoms with Gasteiger partial charge in [-0.3, -0.25) is 4.79 Å². The van der Waals surface area contributed by atoms with Crippen molar-refractivity contribution >= 4 is 46.4 Å². The highest BCUT2D eigenvalue weighted by atomic mass is 35.5. The summed E-state index contributed by atoms with van der Waals surface area (Å²) < 4.78 is 0. The number of nitrogens with zero attached hydrogens (tertiary/aromatic N) is 5. The van der Waals surface area contributed by atoms with Gasteiger partial charge in [0.05, 0.1) is 11.4 Å². The van der Waals surface area contributed by atoms with Crippen LogP contribution in [-0.4, -0.2) is 63.9 Å². The zero-order valence-corrected chi connectivity index (χ0v) is 19.2. The molecule has 0 aliphatic carbocycles. The molecular weight excluding hydrogens is 430 g/mol. The fraction of sp³-hybridized carbons (Fsp3) is 0.455. The number of fused-ring (bicyclic) bond motifs is 1. The number of rotatable bonds is 5. The number of benzene rings is 1. The summed E-state index contributed by atoms with van der Waals surface area (Å²) >= 11 is 6.03. The molecule has 1 aromatic heterocycles. The Kier molecular flexibility index (Phi) is 6.36. The van der Waals surface area contributed by atoms with Gasteiger partial charge in [-0.15, -0.1) is 0 Å². The summed E-state index contributed by atoms with van der Waals surface area (Å²) in [5, 5.41) is 19.6. The van der Waals surface area contributed by atoms with E-state index < -0.39 is 0 Å². The molecule has 2 aliphatic heterocycles. The maximum absolute atomic E-state index is 12.3. The lowest BCUT2D eigenvalue weighted by Gasteiger charge is -2.34. The maximum atomic E-state index is 12.3. The molecule has 2 aromatic rings. The Morgan fingerprint density at radius 2 is 1.91 bits per heavy atom. The second-order valence-electron chi connectivity index (χ2n) is 8.49. The number of oxime groups is 1. The molecule has 0 saturated carbocycles. The van der Waals surface area contributed by atoms with Crippen molar-refractivity contribution in [2.45, 2.75) is 33.2 Å². The Bertz CT molecular complexity index is 1020. The number of amides is 1. The molecule has 1 amide bonds. The second-order valence-corrected chi connectivity index (χ2v) is 8.93. The van der Waals surface area contributed by atoms with Crippen LogP contribution in [0.25, 0.3) is 0 Å². The lowest BCUT2D eigenvalue weighted by Crippen LogP contribution is -2.50. The van der Waals surface area contributed by atoms with E-state index in [1.807, 2.05) is 24.3 Å². The van der Waals surface area contributed by atoms with Crippen LogP contribution >= 0.6 is 11.6 Å². The molecule has 1 saturated heterocycles. The minimum atomic E-state index is -0.254. The average Bonchev–Trinajstić information content (AvgIpc) is 3.25. The molecule has 3 N–H and O–H groups in total. The van der Waals surface area contributed by atoms with Gasteiger partial charge in [0, 0.05) is 49.4 Å². The first-order chi connectivity index (χ1) is 15.4. The number of anilines is 4. The molecule has 1 aromatic carbocycles. The molecule has 1 unspecified atom stereocenters. The summed E-state index contributed by atoms with van der Waals surface area (Å²) in [7, 11) is 0. The lowest BCUT2D eigenvalue weighted by molar-refractivity contribution is -0.124. The van der Waals surface area contributed by atoms with Crippen LogP contribution in [0.4, 0.5) is 23.1 Å². The van der Waals surface area contributed by atoms with Crippen LogP contribution in [0.1, 0.15) is 26.5 Å². The molecule has 0 spiro atoms. The van der Waals surface area contributed by atoms with Crippen molar-refractivity contribution in [3.63, 3.8) is 0 Å². The van der Waals surface area contributed by atoms with E-state index in [9.17, 15) is 4.79 Å². The topological polar surface area (TPSA) is 106 Å². The highest BCUT2D eigenvalue weighted by Gasteiger charge is 2.31. The SMILES string of the molecule is CC(=NO)C(=O)N1CCN(c2nc3c(c(Nc4ccc(Cl)cc4)n2)NC(C(C)C)C3)CC1. The van der Waals surface area contributed by atoms with Gasteiger partial charge in [-0.25, -0.2) is 4.98 Å². The van der Waals surface area contributed by atoms with E-state index in [2.05, 4.69) is 34.5 Å². The number of nitrogens with one attached hydrogen (secondary N) is 2. The number of hydrogen-bond acceptors (Lipinski definition) is 8. The van der Waals surface area contributed by atoms with Gasteiger partial charge in [0.15, 0.2) is 5.82 Å². The number of carbonyl (C=O) groups excluding carboxylic acids is 1. The smallest absolute Gasteiger partial charge is 0.271 e. The molecule has 4 rings (SSSR count). The third-order valence-electron chi connectivity index (χ3n) is 5.94. The van der Waals surface area contributed by atoms with E-state index >= 15 is 0 Å². The van der Waals surface area contributed by atoms with Crippen molar-refractivity contribution < 1.29 is 10.0 Å². The number of halogens is 1. The van der Waals surface area contributed by atoms with Crippen molar-refractivity contribution in [3.8, 4) is 0 Å². The van der Waals surface area contributed by atoms with Crippen LogP contribution in [-0.2, 0) is 11.2 Å². The van der Waals surface area contributed by atoms with Gasteiger partial charge in [-0.2, -0.15) is 4.98 Å². The Balaban J connectivity index is 1.58. The molecular formula is C22H28ClN7O2. The van der Waals surface area contributed by atoms with Crippen molar-refractivity contribution in [1.82, 2.24) is 14.9 Å². The Hall–Kier alpha value is -3.07. The third-order valence-corrected chi connectivity index (χ3v) is 6.19. The van der Waals surface area contributed by atoms with Gasteiger partial charge in [-0.05, 0) is 37.1 Å². The van der Waals surface area contributed by atoms with Crippen molar-refractivity contribution in [2.75, 3.05) is 41.7 Å². The van der Waals surface area contributed by atoms with Crippen LogP contribution in [0.5, 0.6) is 0 Å². The van der Waals surface area contributed by atoms with Gasteiger partial charge < -0.3 is 25.6 Å². The van der Waals surface area contributed by atoms with Gasteiger partial charge >= 0.3 is 0 Å². The first-order valence-corrected chi connectivity index (χ1v) is 11.2. The van der Waals surface area contributed by atoms with Gasteiger partial charge in [0.1, 0.15) is 5.71 Å². The van der Waals surface area contributed by atoms with E-state index in [1.165, 1.54) is 6.92 Å². The predicted molar refractivity (Wildman–Crippen MR) is 126 cm³/mol. The molecule has 10 heteroatoms. The Morgan fingerprint density at radius 3 is 2.53 bits per heavy atom. The van der Waals surface area contributed by atoms with Crippen LogP contribution in [0.15, 0.2) is 29.4 Å². The van der Waals surface area contributed by atoms with E-state index in [-0.39, 0.29) is 11.6 Å². The largest absolute Gasteiger partial charge is 0.410 e. The van der Waals surface area contributed by atoms with Crippen LogP contribution in [0, 0.1) is 5.92 Å². The van der Waals surface area contributed by atoms with Gasteiger partial charge in [0.2, 0.25) is 5.95 Å². The van der Waals surface area contributed by atoms with Gasteiger partial charge in [-0.1, -0.05) is 30.6 Å². The Labute approximate surface area is 192 Å². The Morgan fingerprint density at radius 1 is 1.22 bits per heavy atom. The summed E-state index contributed by atoms with van der Waals surface area (Å²) in [4.78, 5) is 25.7. The molecule has 32 heavy (non-hydrogen) atoms. The number of hydrogen-bond donors (Lipinski definition) is 3. The van der Waals surface area contributed by atoms with Gasteiger partial charge in [0.25, 0.3) is 5.91 Å². The molecule has 1 fully saturated rings. The summed E-state index contributed by atoms with van der Waals surface area (Å²) in [6, 6.07) is 7.81. The fourth-order valence-corrected chi connectivity index (χ4v) is 4.05. The summed E-state index contributed by atoms with van der Waals surface area (Å²) in [5.41, 5.74) is 2.91. The number of piperazine rings is 1. The van der Waals surface area contributed by atoms with E-state index in [4.69, 9.17) is 26.8 Å². The molecule has 3 heterocycles. The van der Waals surface area contributed by atoms with Crippen molar-refractivity contribution in [2.24, 2.45) is 11.1 Å². The maximum Gasteiger partial charge on any atom is 0.271 e. The average molecular weight is 458 g/mol. The number of aromatic nitrogens is 2. The second kappa shape index (κ2) is 9.20. The number of carbonyl (C=O) groups is 1. The van der Waals surface area contributed by atoms with E-state index in [0.717, 1.165) is 29.3 Å². The van der Waals surface area contributed by atoms with Crippen LogP contribution < -0.4 is 15.5 Å². The molecule has 2 aliphatic rings. The van der Waals surface area contributed by atoms with Crippen LogP contribution in [0.2, 0.25) is 5.02 Å².